The number of nitrogens with zero attached hydrogens (tertiary/aromatic N) is 2. The van der Waals surface area contributed by atoms with Crippen LogP contribution in [-0.4, -0.2) is 61.1 Å². The Hall–Kier alpha value is -1.99. The van der Waals surface area contributed by atoms with Crippen LogP contribution in [0.2, 0.25) is 0 Å². The van der Waals surface area contributed by atoms with Gasteiger partial charge in [-0.05, 0) is 49.6 Å². The molecule has 2 aromatic carbocycles. The van der Waals surface area contributed by atoms with Gasteiger partial charge in [-0.15, -0.1) is 0 Å². The molecule has 5 nitrogen and oxygen atoms in total. The van der Waals surface area contributed by atoms with Crippen molar-refractivity contribution in [1.82, 2.24) is 9.21 Å². The highest BCUT2D eigenvalue weighted by atomic mass is 32.2. The Morgan fingerprint density at radius 1 is 1.03 bits per heavy atom. The van der Waals surface area contributed by atoms with E-state index in [4.69, 9.17) is 0 Å². The normalized spacial score (nSPS) is 26.0. The van der Waals surface area contributed by atoms with Gasteiger partial charge in [-0.25, -0.2) is 8.42 Å². The summed E-state index contributed by atoms with van der Waals surface area (Å²) in [6.07, 6.45) is 5.83. The maximum atomic E-state index is 13.3. The second-order valence-electron chi connectivity index (χ2n) is 8.13. The van der Waals surface area contributed by atoms with E-state index in [1.807, 2.05) is 19.1 Å². The van der Waals surface area contributed by atoms with Crippen LogP contribution in [0.15, 0.2) is 65.6 Å². The maximum absolute atomic E-state index is 13.3. The Kier molecular flexibility index (Phi) is 6.39. The number of benzene rings is 2. The van der Waals surface area contributed by atoms with E-state index >= 15 is 0 Å². The third kappa shape index (κ3) is 3.97. The standard InChI is InChI=1S/C24H30N2O3S/c1-2-8-19-11-13-20(14-12-19)24-22-17-25(15-6-7-16-26(22)23(24)18-27)30(28,29)21-9-4-3-5-10-21/h2-5,8-14,22-24,27H,6-7,15-18H2,1H3/b8-2+/t22-,23+,24+/m1/s1. The number of aliphatic hydroxyl groups is 1. The van der Waals surface area contributed by atoms with Crippen molar-refractivity contribution in [3.8, 4) is 0 Å². The first-order valence-electron chi connectivity index (χ1n) is 10.7. The van der Waals surface area contributed by atoms with Crippen LogP contribution in [0.1, 0.15) is 36.8 Å². The zero-order chi connectivity index (χ0) is 21.1. The SMILES string of the molecule is C/C=C/c1ccc([C@H]2[C@H]3CN(S(=O)(=O)c4ccccc4)CCCCN3[C@H]2CO)cc1. The van der Waals surface area contributed by atoms with Gasteiger partial charge in [0.05, 0.1) is 11.5 Å². The fourth-order valence-corrected chi connectivity index (χ4v) is 6.41. The minimum Gasteiger partial charge on any atom is -0.395 e. The first-order valence-corrected chi connectivity index (χ1v) is 12.1. The minimum atomic E-state index is -3.53. The lowest BCUT2D eigenvalue weighted by Gasteiger charge is -2.57. The summed E-state index contributed by atoms with van der Waals surface area (Å²) in [6, 6.07) is 17.2. The van der Waals surface area contributed by atoms with Crippen molar-refractivity contribution < 1.29 is 13.5 Å². The number of fused-ring (bicyclic) bond motifs is 1. The third-order valence-corrected chi connectivity index (χ3v) is 8.27. The zero-order valence-corrected chi connectivity index (χ0v) is 18.2. The molecular weight excluding hydrogens is 396 g/mol. The lowest BCUT2D eigenvalue weighted by Crippen LogP contribution is -2.67. The van der Waals surface area contributed by atoms with Gasteiger partial charge in [0.15, 0.2) is 0 Å². The third-order valence-electron chi connectivity index (χ3n) is 6.39. The van der Waals surface area contributed by atoms with Crippen molar-refractivity contribution >= 4 is 16.1 Å². The van der Waals surface area contributed by atoms with E-state index < -0.39 is 10.0 Å². The zero-order valence-electron chi connectivity index (χ0n) is 17.4. The van der Waals surface area contributed by atoms with E-state index in [0.29, 0.717) is 18.0 Å². The number of aliphatic hydroxyl groups excluding tert-OH is 1. The average molecular weight is 427 g/mol. The molecular formula is C24H30N2O3S. The summed E-state index contributed by atoms with van der Waals surface area (Å²) in [5.74, 6) is 0.126. The van der Waals surface area contributed by atoms with Crippen LogP contribution < -0.4 is 0 Å². The van der Waals surface area contributed by atoms with Crippen LogP contribution in [-0.2, 0) is 10.0 Å². The summed E-state index contributed by atoms with van der Waals surface area (Å²) < 4.78 is 28.2. The van der Waals surface area contributed by atoms with Crippen LogP contribution in [0.5, 0.6) is 0 Å². The van der Waals surface area contributed by atoms with Crippen LogP contribution in [0, 0.1) is 0 Å². The Morgan fingerprint density at radius 3 is 2.40 bits per heavy atom. The fraction of sp³-hybridized carbons (Fsp3) is 0.417. The molecule has 2 aliphatic rings. The van der Waals surface area contributed by atoms with Gasteiger partial charge in [-0.1, -0.05) is 54.6 Å². The number of hydrogen-bond acceptors (Lipinski definition) is 4. The Labute approximate surface area is 179 Å². The van der Waals surface area contributed by atoms with Crippen molar-refractivity contribution in [2.45, 2.75) is 42.7 Å². The quantitative estimate of drug-likeness (QED) is 0.797. The van der Waals surface area contributed by atoms with E-state index in [1.54, 1.807) is 28.6 Å². The fourth-order valence-electron chi connectivity index (χ4n) is 4.89. The van der Waals surface area contributed by atoms with E-state index in [9.17, 15) is 13.5 Å². The van der Waals surface area contributed by atoms with Crippen LogP contribution in [0.25, 0.3) is 6.08 Å². The number of allylic oxidation sites excluding steroid dienone is 1. The molecule has 2 aromatic rings. The highest BCUT2D eigenvalue weighted by molar-refractivity contribution is 7.89. The topological polar surface area (TPSA) is 60.9 Å². The molecule has 1 N–H and O–H groups in total. The van der Waals surface area contributed by atoms with Gasteiger partial charge in [-0.2, -0.15) is 4.31 Å². The molecule has 2 fully saturated rings. The molecule has 0 aromatic heterocycles. The smallest absolute Gasteiger partial charge is 0.243 e. The van der Waals surface area contributed by atoms with Crippen LogP contribution in [0.4, 0.5) is 0 Å². The van der Waals surface area contributed by atoms with Gasteiger partial charge in [-0.3, -0.25) is 4.90 Å². The Morgan fingerprint density at radius 2 is 1.73 bits per heavy atom. The second-order valence-corrected chi connectivity index (χ2v) is 10.1. The summed E-state index contributed by atoms with van der Waals surface area (Å²) in [5, 5.41) is 10.1. The van der Waals surface area contributed by atoms with Crippen molar-refractivity contribution in [1.29, 1.82) is 0 Å². The van der Waals surface area contributed by atoms with Gasteiger partial charge in [0.2, 0.25) is 10.0 Å². The number of hydrogen-bond donors (Lipinski definition) is 1. The molecule has 0 bridgehead atoms. The molecule has 0 amide bonds. The molecule has 0 saturated carbocycles. The van der Waals surface area contributed by atoms with Gasteiger partial charge in [0.25, 0.3) is 0 Å². The summed E-state index contributed by atoms with van der Waals surface area (Å²) in [6.45, 7) is 3.98. The highest BCUT2D eigenvalue weighted by Crippen LogP contribution is 2.42. The van der Waals surface area contributed by atoms with Gasteiger partial charge < -0.3 is 5.11 Å². The molecule has 2 saturated heterocycles. The van der Waals surface area contributed by atoms with Crippen molar-refractivity contribution in [3.05, 3.63) is 71.8 Å². The lowest BCUT2D eigenvalue weighted by molar-refractivity contribution is -0.0553. The summed E-state index contributed by atoms with van der Waals surface area (Å²) >= 11 is 0. The van der Waals surface area contributed by atoms with Crippen LogP contribution in [0.3, 0.4) is 0 Å². The molecule has 6 heteroatoms. The molecule has 3 atom stereocenters. The Balaban J connectivity index is 1.62. The molecule has 4 rings (SSSR count). The lowest BCUT2D eigenvalue weighted by atomic mass is 9.74. The van der Waals surface area contributed by atoms with Gasteiger partial charge >= 0.3 is 0 Å². The van der Waals surface area contributed by atoms with Crippen LogP contribution >= 0.6 is 0 Å². The Bertz CT molecular complexity index is 973. The number of sulfonamides is 1. The second kappa shape index (κ2) is 9.02. The van der Waals surface area contributed by atoms with E-state index in [-0.39, 0.29) is 24.6 Å². The molecule has 2 aliphatic heterocycles. The van der Waals surface area contributed by atoms with Crippen molar-refractivity contribution in [2.75, 3.05) is 26.2 Å². The molecule has 2 heterocycles. The molecule has 0 aliphatic carbocycles. The van der Waals surface area contributed by atoms with E-state index in [2.05, 4.69) is 35.2 Å². The summed E-state index contributed by atoms with van der Waals surface area (Å²) in [5.41, 5.74) is 2.31. The maximum Gasteiger partial charge on any atom is 0.243 e. The predicted octanol–water partition coefficient (Wildman–Crippen LogP) is 3.33. The first-order chi connectivity index (χ1) is 14.6. The van der Waals surface area contributed by atoms with E-state index in [0.717, 1.165) is 24.9 Å². The number of rotatable bonds is 5. The minimum absolute atomic E-state index is 0.0435. The first kappa shape index (κ1) is 21.2. The predicted molar refractivity (Wildman–Crippen MR) is 120 cm³/mol. The largest absolute Gasteiger partial charge is 0.395 e. The highest BCUT2D eigenvalue weighted by Gasteiger charge is 2.50. The van der Waals surface area contributed by atoms with Crippen molar-refractivity contribution in [3.63, 3.8) is 0 Å². The summed E-state index contributed by atoms with van der Waals surface area (Å²) in [4.78, 5) is 2.65. The van der Waals surface area contributed by atoms with E-state index in [1.165, 1.54) is 5.56 Å². The summed E-state index contributed by atoms with van der Waals surface area (Å²) in [7, 11) is -3.53. The van der Waals surface area contributed by atoms with Gasteiger partial charge in [0.1, 0.15) is 0 Å². The molecule has 30 heavy (non-hydrogen) atoms. The molecule has 0 radical (unpaired) electrons. The average Bonchev–Trinajstić information content (AvgIpc) is 2.74. The molecule has 160 valence electrons. The molecule has 0 spiro atoms. The monoisotopic (exact) mass is 426 g/mol. The van der Waals surface area contributed by atoms with Crippen molar-refractivity contribution in [2.24, 2.45) is 0 Å². The molecule has 0 unspecified atom stereocenters. The van der Waals surface area contributed by atoms with Gasteiger partial charge in [0, 0.05) is 31.1 Å².